The quantitative estimate of drug-likeness (QED) is 0.865. The van der Waals surface area contributed by atoms with E-state index in [1.165, 1.54) is 0 Å². The van der Waals surface area contributed by atoms with Crippen LogP contribution in [0.5, 0.6) is 0 Å². The van der Waals surface area contributed by atoms with E-state index < -0.39 is 17.5 Å². The number of hydrogen-bond donors (Lipinski definition) is 1. The number of carbonyl (C=O) groups excluding carboxylic acids is 1. The van der Waals surface area contributed by atoms with Gasteiger partial charge in [0.15, 0.2) is 0 Å². The predicted molar refractivity (Wildman–Crippen MR) is 78.6 cm³/mol. The molecule has 1 atom stereocenters. The van der Waals surface area contributed by atoms with E-state index in [0.29, 0.717) is 13.1 Å². The molecule has 0 bridgehead atoms. The SMILES string of the molecule is CCCN(C(=O)c1cc(F)c(Cl)cc1F)C1CCCNC1. The number of rotatable bonds is 4. The van der Waals surface area contributed by atoms with Gasteiger partial charge in [-0.2, -0.15) is 0 Å². The van der Waals surface area contributed by atoms with Gasteiger partial charge < -0.3 is 10.2 Å². The second-order valence-electron chi connectivity index (χ2n) is 5.24. The summed E-state index contributed by atoms with van der Waals surface area (Å²) in [4.78, 5) is 14.2. The Labute approximate surface area is 128 Å². The van der Waals surface area contributed by atoms with E-state index in [1.807, 2.05) is 6.92 Å². The van der Waals surface area contributed by atoms with Crippen molar-refractivity contribution in [2.75, 3.05) is 19.6 Å². The summed E-state index contributed by atoms with van der Waals surface area (Å²) in [5, 5.41) is 2.92. The molecule has 1 aromatic carbocycles. The number of benzene rings is 1. The van der Waals surface area contributed by atoms with E-state index >= 15 is 0 Å². The van der Waals surface area contributed by atoms with Gasteiger partial charge in [-0.25, -0.2) is 8.78 Å². The molecule has 1 aliphatic rings. The summed E-state index contributed by atoms with van der Waals surface area (Å²) >= 11 is 5.53. The van der Waals surface area contributed by atoms with Crippen molar-refractivity contribution in [3.05, 3.63) is 34.4 Å². The molecular weight excluding hydrogens is 298 g/mol. The van der Waals surface area contributed by atoms with E-state index in [1.54, 1.807) is 4.90 Å². The minimum Gasteiger partial charge on any atom is -0.334 e. The molecule has 0 spiro atoms. The molecule has 3 nitrogen and oxygen atoms in total. The van der Waals surface area contributed by atoms with E-state index in [4.69, 9.17) is 11.6 Å². The third-order valence-corrected chi connectivity index (χ3v) is 3.97. The summed E-state index contributed by atoms with van der Waals surface area (Å²) in [5.74, 6) is -2.03. The molecule has 21 heavy (non-hydrogen) atoms. The number of nitrogens with zero attached hydrogens (tertiary/aromatic N) is 1. The van der Waals surface area contributed by atoms with E-state index in [-0.39, 0.29) is 16.6 Å². The number of hydrogen-bond acceptors (Lipinski definition) is 2. The largest absolute Gasteiger partial charge is 0.334 e. The lowest BCUT2D eigenvalue weighted by molar-refractivity contribution is 0.0643. The lowest BCUT2D eigenvalue weighted by Crippen LogP contribution is -2.49. The van der Waals surface area contributed by atoms with Crippen molar-refractivity contribution < 1.29 is 13.6 Å². The van der Waals surface area contributed by atoms with Crippen LogP contribution in [0.4, 0.5) is 8.78 Å². The summed E-state index contributed by atoms with van der Waals surface area (Å²) < 4.78 is 27.5. The van der Waals surface area contributed by atoms with Gasteiger partial charge in [-0.05, 0) is 37.9 Å². The molecule has 1 heterocycles. The minimum absolute atomic E-state index is 0.0179. The number of piperidine rings is 1. The van der Waals surface area contributed by atoms with Crippen LogP contribution in [0.3, 0.4) is 0 Å². The van der Waals surface area contributed by atoms with Crippen LogP contribution >= 0.6 is 11.6 Å². The zero-order valence-corrected chi connectivity index (χ0v) is 12.7. The Bertz CT molecular complexity index is 519. The summed E-state index contributed by atoms with van der Waals surface area (Å²) in [6, 6.07) is 1.76. The molecule has 1 aromatic rings. The first-order chi connectivity index (χ1) is 10.0. The second kappa shape index (κ2) is 7.18. The average molecular weight is 317 g/mol. The first-order valence-electron chi connectivity index (χ1n) is 7.20. The lowest BCUT2D eigenvalue weighted by Gasteiger charge is -2.34. The molecule has 1 N–H and O–H groups in total. The van der Waals surface area contributed by atoms with Crippen LogP contribution in [-0.2, 0) is 0 Å². The maximum Gasteiger partial charge on any atom is 0.257 e. The normalized spacial score (nSPS) is 18.6. The van der Waals surface area contributed by atoms with Crippen molar-refractivity contribution in [3.63, 3.8) is 0 Å². The van der Waals surface area contributed by atoms with E-state index in [0.717, 1.165) is 37.9 Å². The Morgan fingerprint density at radius 1 is 1.43 bits per heavy atom. The highest BCUT2D eigenvalue weighted by molar-refractivity contribution is 6.30. The van der Waals surface area contributed by atoms with Crippen molar-refractivity contribution in [3.8, 4) is 0 Å². The summed E-state index contributed by atoms with van der Waals surface area (Å²) in [5.41, 5.74) is -0.254. The third-order valence-electron chi connectivity index (χ3n) is 3.68. The molecule has 2 rings (SSSR count). The van der Waals surface area contributed by atoms with Gasteiger partial charge in [0.25, 0.3) is 5.91 Å². The van der Waals surface area contributed by atoms with Crippen molar-refractivity contribution in [1.29, 1.82) is 0 Å². The van der Waals surface area contributed by atoms with Gasteiger partial charge in [0.2, 0.25) is 0 Å². The molecular formula is C15H19ClF2N2O. The number of halogens is 3. The Hall–Kier alpha value is -1.20. The number of carbonyl (C=O) groups is 1. The fraction of sp³-hybridized carbons (Fsp3) is 0.533. The van der Waals surface area contributed by atoms with Gasteiger partial charge in [0.05, 0.1) is 10.6 Å². The molecule has 0 aliphatic carbocycles. The lowest BCUT2D eigenvalue weighted by atomic mass is 10.0. The molecule has 1 fully saturated rings. The van der Waals surface area contributed by atoms with Crippen molar-refractivity contribution >= 4 is 17.5 Å². The molecule has 6 heteroatoms. The molecule has 1 saturated heterocycles. The molecule has 0 saturated carbocycles. The van der Waals surface area contributed by atoms with Crippen LogP contribution < -0.4 is 5.32 Å². The van der Waals surface area contributed by atoms with Gasteiger partial charge >= 0.3 is 0 Å². The summed E-state index contributed by atoms with van der Waals surface area (Å²) in [7, 11) is 0. The highest BCUT2D eigenvalue weighted by Crippen LogP contribution is 2.22. The van der Waals surface area contributed by atoms with Crippen molar-refractivity contribution in [2.45, 2.75) is 32.2 Å². The molecule has 1 unspecified atom stereocenters. The first kappa shape index (κ1) is 16.2. The van der Waals surface area contributed by atoms with Crippen LogP contribution in [0, 0.1) is 11.6 Å². The van der Waals surface area contributed by atoms with Crippen molar-refractivity contribution in [1.82, 2.24) is 10.2 Å². The average Bonchev–Trinajstić information content (AvgIpc) is 2.49. The zero-order valence-electron chi connectivity index (χ0n) is 12.0. The van der Waals surface area contributed by atoms with Gasteiger partial charge in [0.1, 0.15) is 11.6 Å². The van der Waals surface area contributed by atoms with Crippen LogP contribution in [0.15, 0.2) is 12.1 Å². The topological polar surface area (TPSA) is 32.3 Å². The maximum absolute atomic E-state index is 13.9. The second-order valence-corrected chi connectivity index (χ2v) is 5.65. The number of amides is 1. The van der Waals surface area contributed by atoms with Crippen LogP contribution in [0.2, 0.25) is 5.02 Å². The standard InChI is InChI=1S/C15H19ClF2N2O/c1-2-6-20(10-4-3-5-19-9-10)15(21)11-7-14(18)12(16)8-13(11)17/h7-8,10,19H,2-6,9H2,1H3. The Morgan fingerprint density at radius 3 is 2.81 bits per heavy atom. The fourth-order valence-electron chi connectivity index (χ4n) is 2.63. The minimum atomic E-state index is -0.781. The monoisotopic (exact) mass is 316 g/mol. The Morgan fingerprint density at radius 2 is 2.19 bits per heavy atom. The van der Waals surface area contributed by atoms with Crippen LogP contribution in [0.1, 0.15) is 36.5 Å². The molecule has 1 amide bonds. The third kappa shape index (κ3) is 3.71. The van der Waals surface area contributed by atoms with Crippen LogP contribution in [-0.4, -0.2) is 36.5 Å². The van der Waals surface area contributed by atoms with Gasteiger partial charge in [0, 0.05) is 19.1 Å². The number of nitrogens with one attached hydrogen (secondary N) is 1. The highest BCUT2D eigenvalue weighted by atomic mass is 35.5. The fourth-order valence-corrected chi connectivity index (χ4v) is 2.78. The molecule has 0 radical (unpaired) electrons. The van der Waals surface area contributed by atoms with Gasteiger partial charge in [-0.1, -0.05) is 18.5 Å². The van der Waals surface area contributed by atoms with Gasteiger partial charge in [-0.3, -0.25) is 4.79 Å². The molecule has 1 aliphatic heterocycles. The van der Waals surface area contributed by atoms with E-state index in [9.17, 15) is 13.6 Å². The molecule has 116 valence electrons. The van der Waals surface area contributed by atoms with Crippen molar-refractivity contribution in [2.24, 2.45) is 0 Å². The maximum atomic E-state index is 13.9. The smallest absolute Gasteiger partial charge is 0.257 e. The summed E-state index contributed by atoms with van der Waals surface area (Å²) in [6.45, 7) is 4.09. The first-order valence-corrected chi connectivity index (χ1v) is 7.58. The Balaban J connectivity index is 2.27. The van der Waals surface area contributed by atoms with Gasteiger partial charge in [-0.15, -0.1) is 0 Å². The summed E-state index contributed by atoms with van der Waals surface area (Å²) in [6.07, 6.45) is 2.60. The Kier molecular flexibility index (Phi) is 5.53. The zero-order chi connectivity index (χ0) is 15.4. The van der Waals surface area contributed by atoms with E-state index in [2.05, 4.69) is 5.32 Å². The highest BCUT2D eigenvalue weighted by Gasteiger charge is 2.27. The predicted octanol–water partition coefficient (Wildman–Crippen LogP) is 3.22. The van der Waals surface area contributed by atoms with Crippen LogP contribution in [0.25, 0.3) is 0 Å². The molecule has 0 aromatic heterocycles.